The van der Waals surface area contributed by atoms with Gasteiger partial charge in [0.15, 0.2) is 0 Å². The maximum absolute atomic E-state index is 12.5. The third-order valence-corrected chi connectivity index (χ3v) is 4.30. The molecular weight excluding hydrogens is 320 g/mol. The van der Waals surface area contributed by atoms with Gasteiger partial charge in [-0.3, -0.25) is 9.59 Å². The summed E-state index contributed by atoms with van der Waals surface area (Å²) in [6, 6.07) is 5.12. The first kappa shape index (κ1) is 17.3. The molecule has 0 spiro atoms. The minimum atomic E-state index is -0.470. The van der Waals surface area contributed by atoms with Crippen molar-refractivity contribution in [1.29, 1.82) is 0 Å². The van der Waals surface area contributed by atoms with Crippen LogP contribution >= 0.6 is 0 Å². The molecule has 25 heavy (non-hydrogen) atoms. The summed E-state index contributed by atoms with van der Waals surface area (Å²) in [5.74, 6) is 1.11. The molecule has 0 aromatic heterocycles. The lowest BCUT2D eigenvalue weighted by Gasteiger charge is -2.21. The molecule has 1 saturated heterocycles. The summed E-state index contributed by atoms with van der Waals surface area (Å²) >= 11 is 0. The Hall–Kier alpha value is -2.50. The zero-order valence-corrected chi connectivity index (χ0v) is 14.5. The van der Waals surface area contributed by atoms with Gasteiger partial charge in [-0.2, -0.15) is 0 Å². The summed E-state index contributed by atoms with van der Waals surface area (Å²) in [6.45, 7) is 3.57. The van der Waals surface area contributed by atoms with Crippen LogP contribution in [0.4, 0.5) is 0 Å². The van der Waals surface area contributed by atoms with Gasteiger partial charge >= 0.3 is 0 Å². The molecule has 6 heteroatoms. The van der Waals surface area contributed by atoms with Gasteiger partial charge < -0.3 is 20.1 Å². The summed E-state index contributed by atoms with van der Waals surface area (Å²) < 4.78 is 11.3. The summed E-state index contributed by atoms with van der Waals surface area (Å²) in [4.78, 5) is 24.4. The highest BCUT2D eigenvalue weighted by Crippen LogP contribution is 2.30. The lowest BCUT2D eigenvalue weighted by molar-refractivity contribution is -0.127. The molecule has 2 aliphatic heterocycles. The van der Waals surface area contributed by atoms with E-state index in [1.54, 1.807) is 0 Å². The van der Waals surface area contributed by atoms with E-state index in [-0.39, 0.29) is 18.4 Å². The number of carbonyl (C=O) groups is 2. The highest BCUT2D eigenvalue weighted by Gasteiger charge is 2.25. The molecule has 0 saturated carbocycles. The third kappa shape index (κ3) is 4.32. The lowest BCUT2D eigenvalue weighted by atomic mass is 10.1. The molecule has 2 aliphatic rings. The normalized spacial score (nSPS) is 19.6. The molecule has 0 aliphatic carbocycles. The van der Waals surface area contributed by atoms with Gasteiger partial charge in [-0.1, -0.05) is 6.92 Å². The zero-order chi connectivity index (χ0) is 17.6. The van der Waals surface area contributed by atoms with Crippen molar-refractivity contribution in [3.63, 3.8) is 0 Å². The quantitative estimate of drug-likeness (QED) is 0.857. The molecule has 2 N–H and O–H groups in total. The van der Waals surface area contributed by atoms with Crippen LogP contribution in [0.1, 0.15) is 38.2 Å². The maximum atomic E-state index is 12.5. The number of carbonyl (C=O) groups excluding carboxylic acids is 2. The Bertz CT molecular complexity index is 684. The molecule has 1 atom stereocenters. The minimum Gasteiger partial charge on any atom is -0.493 e. The van der Waals surface area contributed by atoms with E-state index in [0.29, 0.717) is 30.9 Å². The highest BCUT2D eigenvalue weighted by atomic mass is 16.5. The SMILES string of the molecule is CCCOc1ccc2c(c1)OCC(C(=O)NC1CCCCNC1=O)=C2. The van der Waals surface area contributed by atoms with Crippen LogP contribution in [0.5, 0.6) is 11.5 Å². The molecule has 1 unspecified atom stereocenters. The van der Waals surface area contributed by atoms with Crippen LogP contribution in [0.3, 0.4) is 0 Å². The van der Waals surface area contributed by atoms with Crippen LogP contribution in [0.15, 0.2) is 23.8 Å². The van der Waals surface area contributed by atoms with E-state index in [1.807, 2.05) is 24.3 Å². The summed E-state index contributed by atoms with van der Waals surface area (Å²) in [7, 11) is 0. The molecule has 1 fully saturated rings. The molecule has 1 aromatic rings. The van der Waals surface area contributed by atoms with Crippen LogP contribution in [0.2, 0.25) is 0 Å². The Labute approximate surface area is 147 Å². The number of rotatable bonds is 5. The lowest BCUT2D eigenvalue weighted by Crippen LogP contribution is -2.46. The molecular formula is C19H24N2O4. The first-order valence-electron chi connectivity index (χ1n) is 8.86. The number of ether oxygens (including phenoxy) is 2. The molecule has 134 valence electrons. The van der Waals surface area contributed by atoms with E-state index in [4.69, 9.17) is 9.47 Å². The summed E-state index contributed by atoms with van der Waals surface area (Å²) in [5.41, 5.74) is 1.36. The van der Waals surface area contributed by atoms with Gasteiger partial charge in [-0.05, 0) is 43.9 Å². The molecule has 0 bridgehead atoms. The van der Waals surface area contributed by atoms with Crippen molar-refractivity contribution in [2.75, 3.05) is 19.8 Å². The standard InChI is InChI=1S/C19H24N2O4/c1-2-9-24-15-7-6-13-10-14(12-25-17(13)11-15)18(22)21-16-5-3-4-8-20-19(16)23/h6-7,10-11,16H,2-5,8-9,12H2,1H3,(H,20,23)(H,21,22). The number of amides is 2. The van der Waals surface area contributed by atoms with Gasteiger partial charge in [0.2, 0.25) is 5.91 Å². The fraction of sp³-hybridized carbons (Fsp3) is 0.474. The number of hydrogen-bond acceptors (Lipinski definition) is 4. The molecule has 0 radical (unpaired) electrons. The van der Waals surface area contributed by atoms with E-state index >= 15 is 0 Å². The second-order valence-corrected chi connectivity index (χ2v) is 6.32. The molecule has 2 heterocycles. The smallest absolute Gasteiger partial charge is 0.251 e. The first-order chi connectivity index (χ1) is 12.2. The van der Waals surface area contributed by atoms with Crippen molar-refractivity contribution in [2.24, 2.45) is 0 Å². The fourth-order valence-corrected chi connectivity index (χ4v) is 2.91. The fourth-order valence-electron chi connectivity index (χ4n) is 2.91. The van der Waals surface area contributed by atoms with Crippen molar-refractivity contribution >= 4 is 17.9 Å². The van der Waals surface area contributed by atoms with E-state index in [0.717, 1.165) is 30.6 Å². The summed E-state index contributed by atoms with van der Waals surface area (Å²) in [5, 5.41) is 5.65. The van der Waals surface area contributed by atoms with Crippen LogP contribution in [0.25, 0.3) is 6.08 Å². The number of fused-ring (bicyclic) bond motifs is 1. The van der Waals surface area contributed by atoms with E-state index in [1.165, 1.54) is 0 Å². The highest BCUT2D eigenvalue weighted by molar-refractivity contribution is 6.01. The minimum absolute atomic E-state index is 0.110. The van der Waals surface area contributed by atoms with Gasteiger partial charge in [0, 0.05) is 18.2 Å². The molecule has 3 rings (SSSR count). The molecule has 2 amide bonds. The van der Waals surface area contributed by atoms with Crippen molar-refractivity contribution in [3.05, 3.63) is 29.3 Å². The Morgan fingerprint density at radius 1 is 1.40 bits per heavy atom. The first-order valence-corrected chi connectivity index (χ1v) is 8.86. The number of benzene rings is 1. The Morgan fingerprint density at radius 3 is 3.12 bits per heavy atom. The Balaban J connectivity index is 1.68. The van der Waals surface area contributed by atoms with Crippen LogP contribution in [-0.2, 0) is 9.59 Å². The van der Waals surface area contributed by atoms with Gasteiger partial charge in [0.05, 0.1) is 12.2 Å². The van der Waals surface area contributed by atoms with Gasteiger partial charge in [0.1, 0.15) is 24.1 Å². The van der Waals surface area contributed by atoms with E-state index < -0.39 is 6.04 Å². The van der Waals surface area contributed by atoms with Crippen LogP contribution in [-0.4, -0.2) is 37.6 Å². The molecule has 6 nitrogen and oxygen atoms in total. The predicted molar refractivity (Wildman–Crippen MR) is 94.5 cm³/mol. The number of hydrogen-bond donors (Lipinski definition) is 2. The van der Waals surface area contributed by atoms with Crippen LogP contribution in [0, 0.1) is 0 Å². The largest absolute Gasteiger partial charge is 0.493 e. The van der Waals surface area contributed by atoms with E-state index in [9.17, 15) is 9.59 Å². The second-order valence-electron chi connectivity index (χ2n) is 6.32. The third-order valence-electron chi connectivity index (χ3n) is 4.30. The van der Waals surface area contributed by atoms with Gasteiger partial charge in [-0.25, -0.2) is 0 Å². The molecule has 1 aromatic carbocycles. The van der Waals surface area contributed by atoms with Crippen molar-refractivity contribution in [3.8, 4) is 11.5 Å². The second kappa shape index (κ2) is 8.05. The van der Waals surface area contributed by atoms with Crippen molar-refractivity contribution < 1.29 is 19.1 Å². The van der Waals surface area contributed by atoms with Gasteiger partial charge in [-0.15, -0.1) is 0 Å². The maximum Gasteiger partial charge on any atom is 0.251 e. The average molecular weight is 344 g/mol. The summed E-state index contributed by atoms with van der Waals surface area (Å²) in [6.07, 6.45) is 5.28. The monoisotopic (exact) mass is 344 g/mol. The zero-order valence-electron chi connectivity index (χ0n) is 14.5. The predicted octanol–water partition coefficient (Wildman–Crippen LogP) is 2.04. The topological polar surface area (TPSA) is 76.7 Å². The van der Waals surface area contributed by atoms with Crippen molar-refractivity contribution in [1.82, 2.24) is 10.6 Å². The Morgan fingerprint density at radius 2 is 2.28 bits per heavy atom. The van der Waals surface area contributed by atoms with E-state index in [2.05, 4.69) is 17.6 Å². The van der Waals surface area contributed by atoms with Crippen LogP contribution < -0.4 is 20.1 Å². The van der Waals surface area contributed by atoms with Crippen molar-refractivity contribution in [2.45, 2.75) is 38.6 Å². The average Bonchev–Trinajstić information content (AvgIpc) is 2.83. The number of nitrogens with one attached hydrogen (secondary N) is 2. The Kier molecular flexibility index (Phi) is 5.58. The van der Waals surface area contributed by atoms with Gasteiger partial charge in [0.25, 0.3) is 5.91 Å².